The lowest BCUT2D eigenvalue weighted by Crippen LogP contribution is -1.90. The van der Waals surface area contributed by atoms with Gasteiger partial charge < -0.3 is 9.05 Å². The normalized spacial score (nSPS) is 12.0. The van der Waals surface area contributed by atoms with Crippen molar-refractivity contribution in [3.63, 3.8) is 0 Å². The molecule has 0 aliphatic heterocycles. The Balaban J connectivity index is 3.47. The molecule has 0 aliphatic carbocycles. The first-order valence-corrected chi connectivity index (χ1v) is 4.24. The lowest BCUT2D eigenvalue weighted by molar-refractivity contribution is 0.274. The topological polar surface area (TPSA) is 35.5 Å². The van der Waals surface area contributed by atoms with Gasteiger partial charge in [-0.2, -0.15) is 0 Å². The predicted molar refractivity (Wildman–Crippen MR) is 44.6 cm³/mol. The van der Waals surface area contributed by atoms with E-state index in [0.29, 0.717) is 6.42 Å². The maximum absolute atomic E-state index is 10.6. The molecule has 0 aromatic rings. The van der Waals surface area contributed by atoms with Crippen molar-refractivity contribution >= 4 is 8.25 Å². The highest BCUT2D eigenvalue weighted by Crippen LogP contribution is 2.22. The van der Waals surface area contributed by atoms with E-state index in [1.807, 2.05) is 0 Å². The second kappa shape index (κ2) is 6.18. The first kappa shape index (κ1) is 10.4. The molecule has 0 fully saturated rings. The zero-order chi connectivity index (χ0) is 8.69. The van der Waals surface area contributed by atoms with Crippen LogP contribution in [0.2, 0.25) is 0 Å². The highest BCUT2D eigenvalue weighted by atomic mass is 31.1. The minimum absolute atomic E-state index is 0.204. The van der Waals surface area contributed by atoms with Gasteiger partial charge in [0.2, 0.25) is 0 Å². The molecule has 62 valence electrons. The molecular formula is C7H11O3P. The summed E-state index contributed by atoms with van der Waals surface area (Å²) in [4.78, 5) is 0. The maximum atomic E-state index is 10.6. The van der Waals surface area contributed by atoms with Gasteiger partial charge in [-0.3, -0.25) is 4.57 Å². The van der Waals surface area contributed by atoms with Crippen molar-refractivity contribution < 1.29 is 13.6 Å². The van der Waals surface area contributed by atoms with Crippen LogP contribution in [-0.2, 0) is 13.6 Å². The van der Waals surface area contributed by atoms with Gasteiger partial charge in [0.15, 0.2) is 0 Å². The summed E-state index contributed by atoms with van der Waals surface area (Å²) in [7, 11) is -0.997. The molecule has 0 amide bonds. The van der Waals surface area contributed by atoms with Crippen LogP contribution in [0.4, 0.5) is 0 Å². The number of rotatable bonds is 5. The van der Waals surface area contributed by atoms with Crippen molar-refractivity contribution in [2.45, 2.75) is 6.42 Å². The molecular weight excluding hydrogens is 163 g/mol. The van der Waals surface area contributed by atoms with E-state index < -0.39 is 8.25 Å². The lowest BCUT2D eigenvalue weighted by Gasteiger charge is -2.01. The summed E-state index contributed by atoms with van der Waals surface area (Å²) < 4.78 is 19.7. The first-order chi connectivity index (χ1) is 5.20. The van der Waals surface area contributed by atoms with Gasteiger partial charge in [-0.25, -0.2) is 0 Å². The Hall–Kier alpha value is -0.550. The minimum Gasteiger partial charge on any atom is -0.314 e. The lowest BCUT2D eigenvalue weighted by atomic mass is 10.2. The fourth-order valence-corrected chi connectivity index (χ4v) is 0.855. The summed E-state index contributed by atoms with van der Waals surface area (Å²) in [5.74, 6) is 2.40. The number of terminal acetylenes is 1. The molecule has 0 aromatic heterocycles. The van der Waals surface area contributed by atoms with Gasteiger partial charge >= 0.3 is 8.25 Å². The van der Waals surface area contributed by atoms with Crippen LogP contribution in [0.5, 0.6) is 0 Å². The third-order valence-electron chi connectivity index (χ3n) is 0.913. The maximum Gasteiger partial charge on any atom is 0.319 e. The quantitative estimate of drug-likeness (QED) is 0.361. The number of hydrogen-bond acceptors (Lipinski definition) is 3. The number of hydrogen-bond donors (Lipinski definition) is 0. The molecule has 0 N–H and O–H groups in total. The Morgan fingerprint density at radius 3 is 2.91 bits per heavy atom. The molecule has 0 saturated carbocycles. The van der Waals surface area contributed by atoms with E-state index in [9.17, 15) is 4.57 Å². The Labute approximate surface area is 67.3 Å². The molecule has 0 bridgehead atoms. The van der Waals surface area contributed by atoms with Crippen LogP contribution in [0.1, 0.15) is 6.42 Å². The van der Waals surface area contributed by atoms with Gasteiger partial charge in [-0.15, -0.1) is 12.3 Å². The molecule has 0 heterocycles. The Bertz CT molecular complexity index is 192. The van der Waals surface area contributed by atoms with Crippen LogP contribution in [-0.4, -0.2) is 13.7 Å². The highest BCUT2D eigenvalue weighted by Gasteiger charge is 1.97. The molecule has 0 aliphatic rings. The second-order valence-corrected chi connectivity index (χ2v) is 3.07. The van der Waals surface area contributed by atoms with Gasteiger partial charge in [0, 0.05) is 13.5 Å². The largest absolute Gasteiger partial charge is 0.319 e. The van der Waals surface area contributed by atoms with E-state index in [2.05, 4.69) is 17.0 Å². The van der Waals surface area contributed by atoms with Crippen molar-refractivity contribution in [1.82, 2.24) is 0 Å². The summed E-state index contributed by atoms with van der Waals surface area (Å²) >= 11 is 0. The molecule has 1 unspecified atom stereocenters. The molecule has 0 spiro atoms. The zero-order valence-corrected chi connectivity index (χ0v) is 7.42. The van der Waals surface area contributed by atoms with Gasteiger partial charge in [-0.1, -0.05) is 6.58 Å². The third-order valence-corrected chi connectivity index (χ3v) is 1.63. The van der Waals surface area contributed by atoms with E-state index >= 15 is 0 Å². The third kappa shape index (κ3) is 5.87. The SMILES string of the molecule is C#CCC(=C)CO[PH](=O)OC. The van der Waals surface area contributed by atoms with E-state index in [-0.39, 0.29) is 6.61 Å². The van der Waals surface area contributed by atoms with Crippen molar-refractivity contribution in [1.29, 1.82) is 0 Å². The van der Waals surface area contributed by atoms with Crippen LogP contribution >= 0.6 is 8.25 Å². The fourth-order valence-electron chi connectivity index (χ4n) is 0.415. The van der Waals surface area contributed by atoms with Gasteiger partial charge in [-0.05, 0) is 5.57 Å². The molecule has 0 aromatic carbocycles. The van der Waals surface area contributed by atoms with E-state index in [4.69, 9.17) is 10.9 Å². The van der Waals surface area contributed by atoms with Crippen molar-refractivity contribution in [3.05, 3.63) is 12.2 Å². The standard InChI is InChI=1S/C7H11O3P/c1-4-5-7(2)6-10-11(8)9-3/h1,11H,2,5-6H2,3H3. The van der Waals surface area contributed by atoms with Crippen molar-refractivity contribution in [3.8, 4) is 12.3 Å². The van der Waals surface area contributed by atoms with E-state index in [1.54, 1.807) is 0 Å². The minimum atomic E-state index is -2.32. The first-order valence-electron chi connectivity index (χ1n) is 3.01. The van der Waals surface area contributed by atoms with E-state index in [0.717, 1.165) is 5.57 Å². The van der Waals surface area contributed by atoms with Crippen LogP contribution in [0.3, 0.4) is 0 Å². The summed E-state index contributed by atoms with van der Waals surface area (Å²) in [6.45, 7) is 3.81. The monoisotopic (exact) mass is 174 g/mol. The van der Waals surface area contributed by atoms with Gasteiger partial charge in [0.25, 0.3) is 0 Å². The second-order valence-electron chi connectivity index (χ2n) is 1.87. The summed E-state index contributed by atoms with van der Waals surface area (Å²) in [5, 5.41) is 0. The van der Waals surface area contributed by atoms with Crippen LogP contribution in [0.15, 0.2) is 12.2 Å². The Morgan fingerprint density at radius 1 is 1.82 bits per heavy atom. The van der Waals surface area contributed by atoms with Crippen LogP contribution in [0.25, 0.3) is 0 Å². The molecule has 0 saturated heterocycles. The molecule has 11 heavy (non-hydrogen) atoms. The highest BCUT2D eigenvalue weighted by molar-refractivity contribution is 7.33. The van der Waals surface area contributed by atoms with Gasteiger partial charge in [0.1, 0.15) is 0 Å². The van der Waals surface area contributed by atoms with E-state index in [1.165, 1.54) is 7.11 Å². The fraction of sp³-hybridized carbons (Fsp3) is 0.429. The predicted octanol–water partition coefficient (Wildman–Crippen LogP) is 1.62. The summed E-state index contributed by atoms with van der Waals surface area (Å²) in [6.07, 6.45) is 5.44. The summed E-state index contributed by atoms with van der Waals surface area (Å²) in [6, 6.07) is 0. The Kier molecular flexibility index (Phi) is 5.87. The molecule has 3 nitrogen and oxygen atoms in total. The molecule has 4 heteroatoms. The average Bonchev–Trinajstić information content (AvgIpc) is 2.01. The Morgan fingerprint density at radius 2 is 2.45 bits per heavy atom. The summed E-state index contributed by atoms with van der Waals surface area (Å²) in [5.41, 5.74) is 0.725. The molecule has 0 rings (SSSR count). The molecule has 1 atom stereocenters. The van der Waals surface area contributed by atoms with Crippen molar-refractivity contribution in [2.24, 2.45) is 0 Å². The van der Waals surface area contributed by atoms with Crippen molar-refractivity contribution in [2.75, 3.05) is 13.7 Å². The van der Waals surface area contributed by atoms with Crippen LogP contribution < -0.4 is 0 Å². The zero-order valence-electron chi connectivity index (χ0n) is 6.42. The smallest absolute Gasteiger partial charge is 0.314 e. The van der Waals surface area contributed by atoms with Gasteiger partial charge in [0.05, 0.1) is 6.61 Å². The average molecular weight is 174 g/mol. The van der Waals surface area contributed by atoms with Crippen LogP contribution in [0, 0.1) is 12.3 Å². The molecule has 0 radical (unpaired) electrons.